The number of aliphatic hydroxyl groups excluding tert-OH is 1. The summed E-state index contributed by atoms with van der Waals surface area (Å²) < 4.78 is 6.25. The molecule has 0 bridgehead atoms. The van der Waals surface area contributed by atoms with Gasteiger partial charge in [-0.1, -0.05) is 46.7 Å². The normalized spacial score (nSPS) is 16.4. The third-order valence-electron chi connectivity index (χ3n) is 5.15. The molecule has 5 rings (SSSR count). The third-order valence-corrected chi connectivity index (χ3v) is 6.65. The van der Waals surface area contributed by atoms with Crippen molar-refractivity contribution in [2.75, 3.05) is 4.90 Å². The maximum atomic E-state index is 13.3. The number of benzene rings is 2. The molecule has 2 aromatic carbocycles. The van der Waals surface area contributed by atoms with Gasteiger partial charge in [0.2, 0.25) is 5.78 Å². The second-order valence-corrected chi connectivity index (χ2v) is 9.12. The summed E-state index contributed by atoms with van der Waals surface area (Å²) in [5, 5.41) is 12.2. The summed E-state index contributed by atoms with van der Waals surface area (Å²) in [6.45, 7) is 1.71. The molecule has 3 heterocycles. The number of thiazole rings is 1. The fourth-order valence-corrected chi connectivity index (χ4v) is 5.07. The summed E-state index contributed by atoms with van der Waals surface area (Å²) in [5.74, 6) is -1.35. The van der Waals surface area contributed by atoms with Crippen molar-refractivity contribution >= 4 is 61.6 Å². The first-order chi connectivity index (χ1) is 15.3. The Kier molecular flexibility index (Phi) is 5.04. The highest BCUT2D eigenvalue weighted by atomic mass is 35.5. The van der Waals surface area contributed by atoms with Crippen molar-refractivity contribution in [1.82, 2.24) is 4.98 Å². The average molecular weight is 485 g/mol. The Morgan fingerprint density at radius 1 is 1.09 bits per heavy atom. The highest BCUT2D eigenvalue weighted by molar-refractivity contribution is 7.22. The molecule has 0 fully saturated rings. The van der Waals surface area contributed by atoms with Crippen LogP contribution in [0.4, 0.5) is 5.13 Å². The van der Waals surface area contributed by atoms with Crippen molar-refractivity contribution in [1.29, 1.82) is 0 Å². The number of aliphatic hydroxyl groups is 1. The minimum Gasteiger partial charge on any atom is -0.503 e. The average Bonchev–Trinajstić information content (AvgIpc) is 3.44. The zero-order chi connectivity index (χ0) is 22.6. The lowest BCUT2D eigenvalue weighted by molar-refractivity contribution is -0.117. The molecule has 0 saturated carbocycles. The van der Waals surface area contributed by atoms with E-state index in [0.717, 1.165) is 4.70 Å². The van der Waals surface area contributed by atoms with Gasteiger partial charge in [-0.05, 0) is 55.0 Å². The van der Waals surface area contributed by atoms with Gasteiger partial charge in [0.1, 0.15) is 5.76 Å². The Bertz CT molecular complexity index is 1420. The van der Waals surface area contributed by atoms with E-state index in [2.05, 4.69) is 4.98 Å². The smallest absolute Gasteiger partial charge is 0.296 e. The van der Waals surface area contributed by atoms with Crippen molar-refractivity contribution in [2.24, 2.45) is 0 Å². The van der Waals surface area contributed by atoms with Crippen LogP contribution >= 0.6 is 34.5 Å². The van der Waals surface area contributed by atoms with Gasteiger partial charge >= 0.3 is 0 Å². The molecule has 0 radical (unpaired) electrons. The first kappa shape index (κ1) is 20.8. The topological polar surface area (TPSA) is 83.6 Å². The Balaban J connectivity index is 1.68. The maximum absolute atomic E-state index is 13.3. The number of halogens is 2. The Labute approximate surface area is 196 Å². The lowest BCUT2D eigenvalue weighted by Gasteiger charge is -2.24. The number of Topliss-reactive ketones (excluding diaryl/α,β-unsaturated/α-hetero) is 1. The fraction of sp³-hybridized carbons (Fsp3) is 0.0870. The van der Waals surface area contributed by atoms with E-state index in [4.69, 9.17) is 27.6 Å². The minimum absolute atomic E-state index is 0.0359. The summed E-state index contributed by atoms with van der Waals surface area (Å²) in [4.78, 5) is 32.4. The maximum Gasteiger partial charge on any atom is 0.296 e. The molecule has 9 heteroatoms. The number of rotatable bonds is 4. The predicted octanol–water partition coefficient (Wildman–Crippen LogP) is 6.29. The van der Waals surface area contributed by atoms with Gasteiger partial charge in [-0.15, -0.1) is 0 Å². The molecule has 4 aromatic rings. The van der Waals surface area contributed by atoms with Crippen LogP contribution in [0, 0.1) is 6.92 Å². The van der Waals surface area contributed by atoms with Crippen LogP contribution in [0.2, 0.25) is 10.0 Å². The van der Waals surface area contributed by atoms with Crippen LogP contribution in [0.5, 0.6) is 0 Å². The second-order valence-electron chi connectivity index (χ2n) is 7.24. The highest BCUT2D eigenvalue weighted by Crippen LogP contribution is 2.44. The summed E-state index contributed by atoms with van der Waals surface area (Å²) in [6, 6.07) is 14.2. The van der Waals surface area contributed by atoms with E-state index in [0.29, 0.717) is 32.0 Å². The van der Waals surface area contributed by atoms with Gasteiger partial charge in [0, 0.05) is 10.0 Å². The van der Waals surface area contributed by atoms with Gasteiger partial charge in [-0.3, -0.25) is 14.5 Å². The zero-order valence-corrected chi connectivity index (χ0v) is 18.8. The van der Waals surface area contributed by atoms with Crippen LogP contribution in [-0.2, 0) is 4.79 Å². The zero-order valence-electron chi connectivity index (χ0n) is 16.5. The Morgan fingerprint density at radius 3 is 2.50 bits per heavy atom. The van der Waals surface area contributed by atoms with Crippen molar-refractivity contribution in [3.05, 3.63) is 93.1 Å². The standard InChI is InChI=1S/C23H14Cl2N2O4S/c1-11-2-9-16(31-11)20(28)18-19(12-3-5-13(24)6-4-12)27(22(30)21(18)29)23-26-15-8-7-14(25)10-17(15)32-23/h2-10,19,29H,1H3. The molecule has 6 nitrogen and oxygen atoms in total. The molecule has 0 aliphatic carbocycles. The van der Waals surface area contributed by atoms with E-state index in [1.165, 1.54) is 22.3 Å². The first-order valence-electron chi connectivity index (χ1n) is 9.53. The van der Waals surface area contributed by atoms with Gasteiger partial charge in [0.05, 0.1) is 21.8 Å². The van der Waals surface area contributed by atoms with Crippen molar-refractivity contribution < 1.29 is 19.1 Å². The van der Waals surface area contributed by atoms with Crippen LogP contribution in [0.15, 0.2) is 70.3 Å². The number of fused-ring (bicyclic) bond motifs is 1. The fourth-order valence-electron chi connectivity index (χ4n) is 3.67. The molecule has 1 amide bonds. The van der Waals surface area contributed by atoms with Gasteiger partial charge < -0.3 is 9.52 Å². The summed E-state index contributed by atoms with van der Waals surface area (Å²) in [5.41, 5.74) is 1.16. The van der Waals surface area contributed by atoms with Gasteiger partial charge in [0.25, 0.3) is 5.91 Å². The van der Waals surface area contributed by atoms with E-state index >= 15 is 0 Å². The molecule has 1 N–H and O–H groups in total. The van der Waals surface area contributed by atoms with Crippen LogP contribution in [0.3, 0.4) is 0 Å². The lowest BCUT2D eigenvalue weighted by Crippen LogP contribution is -2.30. The molecule has 160 valence electrons. The largest absolute Gasteiger partial charge is 0.503 e. The molecule has 0 saturated heterocycles. The van der Waals surface area contributed by atoms with Crippen LogP contribution < -0.4 is 4.90 Å². The number of hydrogen-bond acceptors (Lipinski definition) is 6. The summed E-state index contributed by atoms with van der Waals surface area (Å²) in [7, 11) is 0. The highest BCUT2D eigenvalue weighted by Gasteiger charge is 2.46. The number of anilines is 1. The molecule has 1 atom stereocenters. The van der Waals surface area contributed by atoms with E-state index in [9.17, 15) is 14.7 Å². The number of nitrogens with zero attached hydrogens (tertiary/aromatic N) is 2. The van der Waals surface area contributed by atoms with E-state index in [1.807, 2.05) is 0 Å². The Morgan fingerprint density at radius 2 is 1.81 bits per heavy atom. The van der Waals surface area contributed by atoms with Crippen LogP contribution in [-0.4, -0.2) is 21.8 Å². The van der Waals surface area contributed by atoms with Crippen molar-refractivity contribution in [2.45, 2.75) is 13.0 Å². The Hall–Kier alpha value is -3.13. The number of carbonyl (C=O) groups is 2. The van der Waals surface area contributed by atoms with Gasteiger partial charge in [0.15, 0.2) is 16.7 Å². The monoisotopic (exact) mass is 484 g/mol. The number of amides is 1. The minimum atomic E-state index is -0.909. The predicted molar refractivity (Wildman–Crippen MR) is 124 cm³/mol. The number of aryl methyl sites for hydroxylation is 1. The molecule has 2 aromatic heterocycles. The second kappa shape index (κ2) is 7.78. The van der Waals surface area contributed by atoms with Crippen LogP contribution in [0.1, 0.15) is 27.9 Å². The SMILES string of the molecule is Cc1ccc(C(=O)C2=C(O)C(=O)N(c3nc4ccc(Cl)cc4s3)C2c2ccc(Cl)cc2)o1. The van der Waals surface area contributed by atoms with Crippen molar-refractivity contribution in [3.8, 4) is 0 Å². The molecule has 1 unspecified atom stereocenters. The lowest BCUT2D eigenvalue weighted by atomic mass is 9.95. The molecule has 1 aliphatic heterocycles. The quantitative estimate of drug-likeness (QED) is 0.344. The molecular weight excluding hydrogens is 471 g/mol. The number of hydrogen-bond donors (Lipinski definition) is 1. The number of aromatic nitrogens is 1. The van der Waals surface area contributed by atoms with Gasteiger partial charge in [-0.25, -0.2) is 4.98 Å². The number of ketones is 1. The van der Waals surface area contributed by atoms with E-state index in [-0.39, 0.29) is 11.3 Å². The first-order valence-corrected chi connectivity index (χ1v) is 11.1. The number of carbonyl (C=O) groups excluding carboxylic acids is 2. The van der Waals surface area contributed by atoms with Crippen LogP contribution in [0.25, 0.3) is 10.2 Å². The van der Waals surface area contributed by atoms with E-state index < -0.39 is 23.5 Å². The molecule has 1 aliphatic rings. The number of furan rings is 1. The third kappa shape index (κ3) is 3.39. The van der Waals surface area contributed by atoms with E-state index in [1.54, 1.807) is 55.5 Å². The summed E-state index contributed by atoms with van der Waals surface area (Å²) >= 11 is 13.4. The van der Waals surface area contributed by atoms with Crippen molar-refractivity contribution in [3.63, 3.8) is 0 Å². The van der Waals surface area contributed by atoms with Gasteiger partial charge in [-0.2, -0.15) is 0 Å². The molecule has 32 heavy (non-hydrogen) atoms. The molecular formula is C23H14Cl2N2O4S. The summed E-state index contributed by atoms with van der Waals surface area (Å²) in [6.07, 6.45) is 0. The molecule has 0 spiro atoms.